The summed E-state index contributed by atoms with van der Waals surface area (Å²) in [7, 11) is 0. The lowest BCUT2D eigenvalue weighted by Crippen LogP contribution is -2.27. The molecule has 100 valence electrons. The number of hydrogen-bond donors (Lipinski definition) is 1. The molecule has 0 fully saturated rings. The first-order valence-electron chi connectivity index (χ1n) is 5.96. The van der Waals surface area contributed by atoms with Crippen molar-refractivity contribution in [3.05, 3.63) is 48.3 Å². The van der Waals surface area contributed by atoms with Gasteiger partial charge in [-0.3, -0.25) is 4.79 Å². The summed E-state index contributed by atoms with van der Waals surface area (Å²) < 4.78 is 1.00. The van der Waals surface area contributed by atoms with Crippen molar-refractivity contribution in [3.63, 3.8) is 0 Å². The van der Waals surface area contributed by atoms with Gasteiger partial charge >= 0.3 is 5.97 Å². The summed E-state index contributed by atoms with van der Waals surface area (Å²) in [5, 5.41) is 13.5. The maximum Gasteiger partial charge on any atom is 0.319 e. The van der Waals surface area contributed by atoms with Crippen molar-refractivity contribution in [2.45, 2.75) is 24.3 Å². The normalized spacial score (nSPS) is 11.5. The molecule has 0 aliphatic carbocycles. The van der Waals surface area contributed by atoms with E-state index in [1.54, 1.807) is 18.5 Å². The quantitative estimate of drug-likeness (QED) is 0.912. The van der Waals surface area contributed by atoms with Gasteiger partial charge in [-0.15, -0.1) is 11.8 Å². The molecule has 1 heterocycles. The molecular formula is C14H16N2O2S. The molecule has 2 aromatic rings. The monoisotopic (exact) mass is 276 g/mol. The highest BCUT2D eigenvalue weighted by Crippen LogP contribution is 2.27. The van der Waals surface area contributed by atoms with Crippen LogP contribution in [0.25, 0.3) is 5.69 Å². The minimum Gasteiger partial charge on any atom is -0.480 e. The molecule has 0 bridgehead atoms. The van der Waals surface area contributed by atoms with E-state index < -0.39 is 10.7 Å². The first kappa shape index (κ1) is 13.7. The molecular weight excluding hydrogens is 260 g/mol. The van der Waals surface area contributed by atoms with E-state index in [0.717, 1.165) is 11.4 Å². The summed E-state index contributed by atoms with van der Waals surface area (Å²) in [5.74, 6) is -0.223. The van der Waals surface area contributed by atoms with Crippen LogP contribution in [0, 0.1) is 0 Å². The Morgan fingerprint density at radius 2 is 2.00 bits per heavy atom. The number of nitrogens with zero attached hydrogens (tertiary/aromatic N) is 2. The molecule has 0 saturated carbocycles. The Balaban J connectivity index is 2.05. The molecule has 0 aliphatic rings. The highest BCUT2D eigenvalue weighted by atomic mass is 32.2. The summed E-state index contributed by atoms with van der Waals surface area (Å²) in [6.45, 7) is 3.41. The van der Waals surface area contributed by atoms with E-state index in [9.17, 15) is 4.79 Å². The Kier molecular flexibility index (Phi) is 3.95. The van der Waals surface area contributed by atoms with E-state index in [2.05, 4.69) is 5.10 Å². The van der Waals surface area contributed by atoms with Gasteiger partial charge in [-0.25, -0.2) is 4.68 Å². The predicted octanol–water partition coefficient (Wildman–Crippen LogP) is 2.97. The van der Waals surface area contributed by atoms with Crippen LogP contribution in [0.2, 0.25) is 0 Å². The second-order valence-electron chi connectivity index (χ2n) is 4.69. The Morgan fingerprint density at radius 3 is 2.63 bits per heavy atom. The Labute approximate surface area is 116 Å². The molecule has 2 rings (SSSR count). The number of hydrogen-bond acceptors (Lipinski definition) is 3. The lowest BCUT2D eigenvalue weighted by atomic mass is 10.2. The van der Waals surface area contributed by atoms with Crippen LogP contribution in [0.5, 0.6) is 0 Å². The summed E-state index contributed by atoms with van der Waals surface area (Å²) in [5.41, 5.74) is 1.87. The van der Waals surface area contributed by atoms with Crippen LogP contribution in [0.4, 0.5) is 0 Å². The van der Waals surface area contributed by atoms with E-state index in [0.29, 0.717) is 5.75 Å². The second kappa shape index (κ2) is 5.48. The first-order valence-corrected chi connectivity index (χ1v) is 6.95. The van der Waals surface area contributed by atoms with Crippen LogP contribution >= 0.6 is 11.8 Å². The number of aliphatic carboxylic acids is 1. The third kappa shape index (κ3) is 3.38. The average molecular weight is 276 g/mol. The molecule has 0 unspecified atom stereocenters. The van der Waals surface area contributed by atoms with E-state index in [1.807, 2.05) is 42.6 Å². The molecule has 0 aliphatic heterocycles. The van der Waals surface area contributed by atoms with Gasteiger partial charge in [-0.05, 0) is 32.0 Å². The van der Waals surface area contributed by atoms with Crippen molar-refractivity contribution in [1.82, 2.24) is 9.78 Å². The number of aromatic nitrogens is 2. The van der Waals surface area contributed by atoms with Crippen LogP contribution in [0.15, 0.2) is 42.6 Å². The van der Waals surface area contributed by atoms with Gasteiger partial charge in [0.1, 0.15) is 4.75 Å². The van der Waals surface area contributed by atoms with Crippen molar-refractivity contribution in [2.24, 2.45) is 0 Å². The zero-order valence-corrected chi connectivity index (χ0v) is 11.7. The van der Waals surface area contributed by atoms with Crippen LogP contribution in [0.1, 0.15) is 19.5 Å². The van der Waals surface area contributed by atoms with E-state index in [-0.39, 0.29) is 0 Å². The standard InChI is InChI=1S/C14H16N2O2S/c1-14(2,13(17)18)19-10-11-8-9-16(15-11)12-6-4-3-5-7-12/h3-9H,10H2,1-2H3,(H,17,18). The number of carboxylic acids is 1. The van der Waals surface area contributed by atoms with Gasteiger partial charge in [-0.1, -0.05) is 18.2 Å². The average Bonchev–Trinajstić information content (AvgIpc) is 2.86. The molecule has 4 nitrogen and oxygen atoms in total. The first-order chi connectivity index (χ1) is 8.99. The number of carboxylic acid groups (broad SMARTS) is 1. The van der Waals surface area contributed by atoms with Crippen LogP contribution in [-0.4, -0.2) is 25.6 Å². The molecule has 1 aromatic carbocycles. The summed E-state index contributed by atoms with van der Waals surface area (Å²) >= 11 is 1.37. The summed E-state index contributed by atoms with van der Waals surface area (Å²) in [4.78, 5) is 11.0. The van der Waals surface area contributed by atoms with Gasteiger partial charge in [0.2, 0.25) is 0 Å². The SMILES string of the molecule is CC(C)(SCc1ccn(-c2ccccc2)n1)C(=O)O. The largest absolute Gasteiger partial charge is 0.480 e. The Bertz CT molecular complexity index is 564. The lowest BCUT2D eigenvalue weighted by molar-refractivity contribution is -0.138. The van der Waals surface area contributed by atoms with Crippen molar-refractivity contribution in [1.29, 1.82) is 0 Å². The van der Waals surface area contributed by atoms with Gasteiger partial charge in [-0.2, -0.15) is 5.10 Å². The Morgan fingerprint density at radius 1 is 1.32 bits per heavy atom. The fourth-order valence-electron chi connectivity index (χ4n) is 1.48. The molecule has 0 spiro atoms. The third-order valence-corrected chi connectivity index (χ3v) is 4.10. The molecule has 0 saturated heterocycles. The third-order valence-electron chi connectivity index (χ3n) is 2.76. The highest BCUT2D eigenvalue weighted by Gasteiger charge is 2.27. The minimum atomic E-state index is -0.806. The molecule has 5 heteroatoms. The number of carbonyl (C=O) groups is 1. The zero-order chi connectivity index (χ0) is 13.9. The summed E-state index contributed by atoms with van der Waals surface area (Å²) in [6.07, 6.45) is 1.89. The molecule has 0 amide bonds. The van der Waals surface area contributed by atoms with Crippen molar-refractivity contribution in [2.75, 3.05) is 0 Å². The topological polar surface area (TPSA) is 55.1 Å². The van der Waals surface area contributed by atoms with Crippen LogP contribution < -0.4 is 0 Å². The highest BCUT2D eigenvalue weighted by molar-refractivity contribution is 8.00. The fraction of sp³-hybridized carbons (Fsp3) is 0.286. The van der Waals surface area contributed by atoms with Gasteiger partial charge in [0.05, 0.1) is 11.4 Å². The second-order valence-corrected chi connectivity index (χ2v) is 6.29. The number of para-hydroxylation sites is 1. The van der Waals surface area contributed by atoms with Gasteiger partial charge < -0.3 is 5.11 Å². The predicted molar refractivity (Wildman–Crippen MR) is 76.6 cm³/mol. The lowest BCUT2D eigenvalue weighted by Gasteiger charge is -2.17. The molecule has 1 aromatic heterocycles. The summed E-state index contributed by atoms with van der Waals surface area (Å²) in [6, 6.07) is 11.7. The Hall–Kier alpha value is -1.75. The van der Waals surface area contributed by atoms with Crippen molar-refractivity contribution >= 4 is 17.7 Å². The van der Waals surface area contributed by atoms with E-state index in [1.165, 1.54) is 11.8 Å². The smallest absolute Gasteiger partial charge is 0.319 e. The van der Waals surface area contributed by atoms with Crippen molar-refractivity contribution < 1.29 is 9.90 Å². The number of rotatable bonds is 5. The molecule has 0 radical (unpaired) electrons. The minimum absolute atomic E-state index is 0.582. The van der Waals surface area contributed by atoms with Gasteiger partial charge in [0.15, 0.2) is 0 Å². The van der Waals surface area contributed by atoms with Gasteiger partial charge in [0.25, 0.3) is 0 Å². The van der Waals surface area contributed by atoms with Crippen molar-refractivity contribution in [3.8, 4) is 5.69 Å². The fourth-order valence-corrected chi connectivity index (χ4v) is 2.27. The molecule has 0 atom stereocenters. The molecule has 1 N–H and O–H groups in total. The maximum absolute atomic E-state index is 11.0. The van der Waals surface area contributed by atoms with E-state index in [4.69, 9.17) is 5.11 Å². The van der Waals surface area contributed by atoms with Crippen LogP contribution in [-0.2, 0) is 10.5 Å². The van der Waals surface area contributed by atoms with Gasteiger partial charge in [0, 0.05) is 11.9 Å². The number of benzene rings is 1. The maximum atomic E-state index is 11.0. The number of thioether (sulfide) groups is 1. The zero-order valence-electron chi connectivity index (χ0n) is 10.9. The molecule has 19 heavy (non-hydrogen) atoms. The van der Waals surface area contributed by atoms with Crippen LogP contribution in [0.3, 0.4) is 0 Å². The van der Waals surface area contributed by atoms with E-state index >= 15 is 0 Å².